The van der Waals surface area contributed by atoms with E-state index in [4.69, 9.17) is 58.0 Å². The van der Waals surface area contributed by atoms with Crippen molar-refractivity contribution in [3.05, 3.63) is 81.6 Å². The molecule has 0 aliphatic carbocycles. The van der Waals surface area contributed by atoms with Crippen LogP contribution in [0.2, 0.25) is 25.1 Å². The average Bonchev–Trinajstić information content (AvgIpc) is 2.58. The summed E-state index contributed by atoms with van der Waals surface area (Å²) in [4.78, 5) is 1.83. The van der Waals surface area contributed by atoms with E-state index in [2.05, 4.69) is 52.6 Å². The van der Waals surface area contributed by atoms with Gasteiger partial charge in [0.1, 0.15) is 0 Å². The average molecular weight is 645 g/mol. The molecule has 0 unspecified atom stereocenters. The molecule has 0 saturated heterocycles. The maximum Gasteiger partial charge on any atom is 0.0837 e. The van der Waals surface area contributed by atoms with Gasteiger partial charge in [-0.1, -0.05) is 111 Å². The molecule has 8 heteroatoms. The molecule has 164 valence electrons. The van der Waals surface area contributed by atoms with Crippen LogP contribution in [0.4, 0.5) is 17.1 Å². The minimum absolute atomic E-state index is 0.130. The molecule has 0 heterocycles. The summed E-state index contributed by atoms with van der Waals surface area (Å²) in [6, 6.07) is 11.1. The van der Waals surface area contributed by atoms with Crippen LogP contribution < -0.4 is 4.90 Å². The Labute approximate surface area is 224 Å². The van der Waals surface area contributed by atoms with Gasteiger partial charge in [0.2, 0.25) is 0 Å². The second kappa shape index (κ2) is 9.62. The number of anilines is 3. The molecule has 31 heavy (non-hydrogen) atoms. The van der Waals surface area contributed by atoms with E-state index < -0.39 is 0 Å². The summed E-state index contributed by atoms with van der Waals surface area (Å²) in [5.74, 6) is 0. The molecule has 0 bridgehead atoms. The quantitative estimate of drug-likeness (QED) is 0.274. The molecule has 0 saturated carbocycles. The second-order valence-corrected chi connectivity index (χ2v) is 12.0. The van der Waals surface area contributed by atoms with Crippen molar-refractivity contribution >= 4 is 107 Å². The summed E-state index contributed by atoms with van der Waals surface area (Å²) in [5.41, 5.74) is 3.54. The van der Waals surface area contributed by atoms with Crippen molar-refractivity contribution in [2.75, 3.05) is 4.90 Å². The molecule has 3 aromatic carbocycles. The minimum atomic E-state index is -0.130. The predicted molar refractivity (Wildman–Crippen MR) is 145 cm³/mol. The molecule has 3 rings (SSSR count). The Morgan fingerprint density at radius 1 is 0.613 bits per heavy atom. The third-order valence-electron chi connectivity index (χ3n) is 4.75. The molecule has 0 spiro atoms. The van der Waals surface area contributed by atoms with Crippen molar-refractivity contribution < 1.29 is 0 Å². The molecule has 0 aliphatic heterocycles. The number of nitrogens with zero attached hydrogens (tertiary/aromatic N) is 1. The van der Waals surface area contributed by atoms with Crippen LogP contribution in [0.1, 0.15) is 31.9 Å². The lowest BCUT2D eigenvalue weighted by atomic mass is 9.87. The molecule has 0 amide bonds. The zero-order valence-corrected chi connectivity index (χ0v) is 24.0. The van der Waals surface area contributed by atoms with Gasteiger partial charge in [-0.25, -0.2) is 0 Å². The van der Waals surface area contributed by atoms with Crippen LogP contribution in [0, 0.1) is 6.92 Å². The van der Waals surface area contributed by atoms with Crippen LogP contribution in [0.3, 0.4) is 0 Å². The van der Waals surface area contributed by atoms with Crippen LogP contribution >= 0.6 is 89.9 Å². The summed E-state index contributed by atoms with van der Waals surface area (Å²) in [6.45, 7) is 8.25. The maximum absolute atomic E-state index is 6.83. The van der Waals surface area contributed by atoms with Crippen LogP contribution in [0.25, 0.3) is 0 Å². The van der Waals surface area contributed by atoms with E-state index in [9.17, 15) is 0 Å². The molecule has 1 nitrogen and oxygen atoms in total. The summed E-state index contributed by atoms with van der Waals surface area (Å²) in [5, 5.41) is 2.26. The first-order chi connectivity index (χ1) is 14.3. The third-order valence-corrected chi connectivity index (χ3v) is 7.11. The molecule has 3 aromatic rings. The zero-order valence-electron chi connectivity index (χ0n) is 17.1. The lowest BCUT2D eigenvalue weighted by Crippen LogP contribution is -2.16. The van der Waals surface area contributed by atoms with Gasteiger partial charge < -0.3 is 4.90 Å². The lowest BCUT2D eigenvalue weighted by Gasteiger charge is -2.32. The number of benzene rings is 3. The Hall–Kier alpha value is -0.130. The van der Waals surface area contributed by atoms with Crippen LogP contribution in [0.5, 0.6) is 0 Å². The van der Waals surface area contributed by atoms with Gasteiger partial charge in [-0.3, -0.25) is 0 Å². The third kappa shape index (κ3) is 5.35. The van der Waals surface area contributed by atoms with E-state index in [1.165, 1.54) is 0 Å². The monoisotopic (exact) mass is 641 g/mol. The standard InChI is InChI=1S/C23H18Br2Cl5N/c1-11-5-13(24)8-17(28)20(11)31(22-18(29)9-14(25)10-19(22)30)21-15(26)6-12(7-16(21)27)23(2,3)4/h5-10H,1-4H3. The Bertz CT molecular complexity index is 1040. The van der Waals surface area contributed by atoms with Crippen molar-refractivity contribution in [2.45, 2.75) is 33.1 Å². The normalized spacial score (nSPS) is 11.7. The molecule has 0 aliphatic rings. The zero-order chi connectivity index (χ0) is 23.2. The van der Waals surface area contributed by atoms with Crippen molar-refractivity contribution in [1.82, 2.24) is 0 Å². The van der Waals surface area contributed by atoms with E-state index in [0.29, 0.717) is 42.2 Å². The van der Waals surface area contributed by atoms with Gasteiger partial charge in [-0.05, 0) is 59.9 Å². The largest absolute Gasteiger partial charge is 0.303 e. The summed E-state index contributed by atoms with van der Waals surface area (Å²) in [6.07, 6.45) is 0. The van der Waals surface area contributed by atoms with Gasteiger partial charge in [-0.2, -0.15) is 0 Å². The van der Waals surface area contributed by atoms with E-state index in [0.717, 1.165) is 20.1 Å². The Kier molecular flexibility index (Phi) is 7.91. The smallest absolute Gasteiger partial charge is 0.0837 e. The fourth-order valence-corrected chi connectivity index (χ4v) is 6.36. The maximum atomic E-state index is 6.83. The summed E-state index contributed by atoms with van der Waals surface area (Å²) >= 11 is 40.7. The molecule has 0 N–H and O–H groups in total. The van der Waals surface area contributed by atoms with E-state index in [1.54, 1.807) is 12.1 Å². The van der Waals surface area contributed by atoms with Gasteiger partial charge in [0.25, 0.3) is 0 Å². The fourth-order valence-electron chi connectivity index (χ4n) is 3.27. The van der Waals surface area contributed by atoms with Crippen LogP contribution in [0.15, 0.2) is 45.3 Å². The van der Waals surface area contributed by atoms with Crippen LogP contribution in [-0.2, 0) is 5.41 Å². The van der Waals surface area contributed by atoms with Crippen molar-refractivity contribution in [1.29, 1.82) is 0 Å². The summed E-state index contributed by atoms with van der Waals surface area (Å²) in [7, 11) is 0. The van der Waals surface area contributed by atoms with Crippen molar-refractivity contribution in [3.8, 4) is 0 Å². The Morgan fingerprint density at radius 2 is 0.968 bits per heavy atom. The number of aryl methyl sites for hydroxylation is 1. The number of rotatable bonds is 3. The topological polar surface area (TPSA) is 3.24 Å². The van der Waals surface area contributed by atoms with E-state index in [1.807, 2.05) is 36.1 Å². The highest BCUT2D eigenvalue weighted by molar-refractivity contribution is 9.10. The molecule has 0 atom stereocenters. The van der Waals surface area contributed by atoms with E-state index >= 15 is 0 Å². The lowest BCUT2D eigenvalue weighted by molar-refractivity contribution is 0.590. The van der Waals surface area contributed by atoms with Gasteiger partial charge >= 0.3 is 0 Å². The SMILES string of the molecule is Cc1cc(Br)cc(Cl)c1N(c1c(Cl)cc(Br)cc1Cl)c1c(Cl)cc(C(C)(C)C)cc1Cl. The highest BCUT2D eigenvalue weighted by Gasteiger charge is 2.28. The van der Waals surface area contributed by atoms with E-state index in [-0.39, 0.29) is 5.41 Å². The highest BCUT2D eigenvalue weighted by atomic mass is 79.9. The van der Waals surface area contributed by atoms with Gasteiger partial charge in [0.05, 0.1) is 42.2 Å². The second-order valence-electron chi connectivity index (χ2n) is 8.15. The van der Waals surface area contributed by atoms with Crippen molar-refractivity contribution in [3.63, 3.8) is 0 Å². The van der Waals surface area contributed by atoms with Crippen molar-refractivity contribution in [2.24, 2.45) is 0 Å². The minimum Gasteiger partial charge on any atom is -0.303 e. The Morgan fingerprint density at radius 3 is 1.35 bits per heavy atom. The fraction of sp³-hybridized carbons (Fsp3) is 0.217. The predicted octanol–water partition coefficient (Wildman–Crippen LogP) is 11.6. The van der Waals surface area contributed by atoms with Gasteiger partial charge in [0.15, 0.2) is 0 Å². The first-order valence-electron chi connectivity index (χ1n) is 9.21. The molecule has 0 aromatic heterocycles. The first-order valence-corrected chi connectivity index (χ1v) is 12.7. The molecule has 0 radical (unpaired) electrons. The highest BCUT2D eigenvalue weighted by Crippen LogP contribution is 2.52. The number of halogens is 7. The number of hydrogen-bond acceptors (Lipinski definition) is 1. The molecule has 0 fully saturated rings. The number of hydrogen-bond donors (Lipinski definition) is 0. The summed E-state index contributed by atoms with van der Waals surface area (Å²) < 4.78 is 1.61. The first kappa shape index (κ1) is 25.5. The van der Waals surface area contributed by atoms with Gasteiger partial charge in [0, 0.05) is 8.95 Å². The van der Waals surface area contributed by atoms with Gasteiger partial charge in [-0.15, -0.1) is 0 Å². The molecular weight excluding hydrogens is 627 g/mol. The molecular formula is C23H18Br2Cl5N. The van der Waals surface area contributed by atoms with Crippen LogP contribution in [-0.4, -0.2) is 0 Å². The Balaban J connectivity index is 2.43.